The molecule has 0 aliphatic carbocycles. The molecule has 1 aliphatic heterocycles. The highest BCUT2D eigenvalue weighted by Gasteiger charge is 2.19. The van der Waals surface area contributed by atoms with E-state index in [4.69, 9.17) is 4.74 Å². The Morgan fingerprint density at radius 1 is 1.20 bits per heavy atom. The molecule has 1 aliphatic rings. The third kappa shape index (κ3) is 3.93. The fraction of sp³-hybridized carbons (Fsp3) is 0.600. The topological polar surface area (TPSA) is 45.1 Å². The number of nitroso groups, excluding NO2 is 1. The van der Waals surface area contributed by atoms with Crippen LogP contribution in [0.4, 0.5) is 5.69 Å². The SMILES string of the molecule is CC(C)Oc1ccccc1N1CCN(CCN=O)CC1. The zero-order valence-electron chi connectivity index (χ0n) is 12.3. The minimum Gasteiger partial charge on any atom is -0.489 e. The Labute approximate surface area is 120 Å². The fourth-order valence-corrected chi connectivity index (χ4v) is 2.47. The van der Waals surface area contributed by atoms with Gasteiger partial charge in [-0.1, -0.05) is 17.3 Å². The molecule has 110 valence electrons. The molecule has 5 nitrogen and oxygen atoms in total. The minimum atomic E-state index is 0.177. The summed E-state index contributed by atoms with van der Waals surface area (Å²) in [7, 11) is 0. The molecule has 0 saturated carbocycles. The van der Waals surface area contributed by atoms with Crippen LogP contribution in [0.15, 0.2) is 29.4 Å². The van der Waals surface area contributed by atoms with Gasteiger partial charge in [-0.25, -0.2) is 0 Å². The van der Waals surface area contributed by atoms with E-state index < -0.39 is 0 Å². The average molecular weight is 277 g/mol. The van der Waals surface area contributed by atoms with Gasteiger partial charge in [0.2, 0.25) is 0 Å². The lowest BCUT2D eigenvalue weighted by atomic mass is 10.2. The molecule has 0 atom stereocenters. The van der Waals surface area contributed by atoms with Crippen LogP contribution in [0.5, 0.6) is 5.75 Å². The van der Waals surface area contributed by atoms with E-state index in [2.05, 4.69) is 21.0 Å². The van der Waals surface area contributed by atoms with Crippen molar-refractivity contribution < 1.29 is 4.74 Å². The van der Waals surface area contributed by atoms with Gasteiger partial charge in [-0.2, -0.15) is 4.91 Å². The summed E-state index contributed by atoms with van der Waals surface area (Å²) < 4.78 is 5.88. The van der Waals surface area contributed by atoms with E-state index in [1.54, 1.807) is 0 Å². The minimum absolute atomic E-state index is 0.177. The van der Waals surface area contributed by atoms with E-state index in [1.807, 2.05) is 32.0 Å². The van der Waals surface area contributed by atoms with Crippen molar-refractivity contribution in [3.8, 4) is 5.75 Å². The van der Waals surface area contributed by atoms with Gasteiger partial charge in [-0.3, -0.25) is 4.90 Å². The summed E-state index contributed by atoms with van der Waals surface area (Å²) in [5.41, 5.74) is 1.16. The van der Waals surface area contributed by atoms with Crippen molar-refractivity contribution in [3.05, 3.63) is 29.2 Å². The molecular formula is C15H23N3O2. The second-order valence-electron chi connectivity index (χ2n) is 5.32. The van der Waals surface area contributed by atoms with Crippen molar-refractivity contribution >= 4 is 5.69 Å². The summed E-state index contributed by atoms with van der Waals surface area (Å²) >= 11 is 0. The van der Waals surface area contributed by atoms with Crippen molar-refractivity contribution in [2.24, 2.45) is 5.18 Å². The Balaban J connectivity index is 1.98. The Hall–Kier alpha value is -1.62. The maximum atomic E-state index is 10.2. The van der Waals surface area contributed by atoms with Gasteiger partial charge in [-0.15, -0.1) is 0 Å². The summed E-state index contributed by atoms with van der Waals surface area (Å²) in [5.74, 6) is 0.950. The maximum absolute atomic E-state index is 10.2. The molecule has 1 saturated heterocycles. The molecule has 20 heavy (non-hydrogen) atoms. The van der Waals surface area contributed by atoms with E-state index in [-0.39, 0.29) is 6.10 Å². The van der Waals surface area contributed by atoms with E-state index in [9.17, 15) is 4.91 Å². The lowest BCUT2D eigenvalue weighted by molar-refractivity contribution is 0.239. The predicted octanol–water partition coefficient (Wildman–Crippen LogP) is 2.36. The number of para-hydroxylation sites is 2. The van der Waals surface area contributed by atoms with Crippen LogP contribution in [-0.2, 0) is 0 Å². The lowest BCUT2D eigenvalue weighted by Gasteiger charge is -2.36. The third-order valence-electron chi connectivity index (χ3n) is 3.45. The maximum Gasteiger partial charge on any atom is 0.142 e. The first-order valence-electron chi connectivity index (χ1n) is 7.23. The Bertz CT molecular complexity index is 429. The van der Waals surface area contributed by atoms with E-state index in [1.165, 1.54) is 0 Å². The smallest absolute Gasteiger partial charge is 0.142 e. The van der Waals surface area contributed by atoms with Crippen molar-refractivity contribution in [2.45, 2.75) is 20.0 Å². The van der Waals surface area contributed by atoms with Crippen LogP contribution in [0.25, 0.3) is 0 Å². The van der Waals surface area contributed by atoms with Gasteiger partial charge in [-0.05, 0) is 26.0 Å². The number of rotatable bonds is 6. The Morgan fingerprint density at radius 2 is 1.90 bits per heavy atom. The molecule has 1 heterocycles. The molecular weight excluding hydrogens is 254 g/mol. The van der Waals surface area contributed by atoms with Gasteiger partial charge in [0.25, 0.3) is 0 Å². The van der Waals surface area contributed by atoms with Crippen LogP contribution in [0.1, 0.15) is 13.8 Å². The monoisotopic (exact) mass is 277 g/mol. The molecule has 0 spiro atoms. The summed E-state index contributed by atoms with van der Waals surface area (Å²) in [5, 5.41) is 2.93. The third-order valence-corrected chi connectivity index (χ3v) is 3.45. The van der Waals surface area contributed by atoms with E-state index in [0.717, 1.165) is 44.2 Å². The first kappa shape index (κ1) is 14.8. The van der Waals surface area contributed by atoms with Gasteiger partial charge in [0.15, 0.2) is 0 Å². The molecule has 0 N–H and O–H groups in total. The first-order valence-corrected chi connectivity index (χ1v) is 7.23. The number of hydrogen-bond acceptors (Lipinski definition) is 5. The first-order chi connectivity index (χ1) is 9.70. The average Bonchev–Trinajstić information content (AvgIpc) is 2.46. The van der Waals surface area contributed by atoms with Gasteiger partial charge >= 0.3 is 0 Å². The van der Waals surface area contributed by atoms with Crippen LogP contribution in [0.3, 0.4) is 0 Å². The highest BCUT2D eigenvalue weighted by Crippen LogP contribution is 2.29. The molecule has 0 amide bonds. The van der Waals surface area contributed by atoms with E-state index >= 15 is 0 Å². The molecule has 5 heteroatoms. The van der Waals surface area contributed by atoms with Crippen LogP contribution in [-0.4, -0.2) is 50.3 Å². The summed E-state index contributed by atoms with van der Waals surface area (Å²) in [6, 6.07) is 8.19. The second-order valence-corrected chi connectivity index (χ2v) is 5.32. The fourth-order valence-electron chi connectivity index (χ4n) is 2.47. The van der Waals surface area contributed by atoms with Crippen molar-refractivity contribution in [2.75, 3.05) is 44.2 Å². The standard InChI is InChI=1S/C15H23N3O2/c1-13(2)20-15-6-4-3-5-14(15)18-11-9-17(10-12-18)8-7-16-19/h3-6,13H,7-12H2,1-2H3. The zero-order chi connectivity index (χ0) is 14.4. The number of benzene rings is 1. The molecule has 0 bridgehead atoms. The summed E-state index contributed by atoms with van der Waals surface area (Å²) in [6.45, 7) is 9.07. The number of anilines is 1. The normalized spacial score (nSPS) is 16.4. The number of ether oxygens (including phenoxy) is 1. The van der Waals surface area contributed by atoms with Crippen molar-refractivity contribution in [1.82, 2.24) is 4.90 Å². The highest BCUT2D eigenvalue weighted by atomic mass is 16.5. The largest absolute Gasteiger partial charge is 0.489 e. The molecule has 1 aromatic rings. The highest BCUT2D eigenvalue weighted by molar-refractivity contribution is 5.58. The van der Waals surface area contributed by atoms with Gasteiger partial charge in [0.1, 0.15) is 5.75 Å². The number of nitrogens with zero attached hydrogens (tertiary/aromatic N) is 3. The van der Waals surface area contributed by atoms with Gasteiger partial charge in [0, 0.05) is 32.7 Å². The molecule has 2 rings (SSSR count). The van der Waals surface area contributed by atoms with Crippen LogP contribution >= 0.6 is 0 Å². The molecule has 0 unspecified atom stereocenters. The molecule has 0 radical (unpaired) electrons. The Kier molecular flexibility index (Phi) is 5.35. The molecule has 1 aromatic carbocycles. The van der Waals surface area contributed by atoms with Crippen LogP contribution in [0, 0.1) is 4.91 Å². The Morgan fingerprint density at radius 3 is 2.55 bits per heavy atom. The van der Waals surface area contributed by atoms with Crippen LogP contribution < -0.4 is 9.64 Å². The molecule has 0 aromatic heterocycles. The number of hydrogen-bond donors (Lipinski definition) is 0. The predicted molar refractivity (Wildman–Crippen MR) is 81.5 cm³/mol. The summed E-state index contributed by atoms with van der Waals surface area (Å²) in [4.78, 5) is 14.8. The molecule has 1 fully saturated rings. The second kappa shape index (κ2) is 7.24. The lowest BCUT2D eigenvalue weighted by Crippen LogP contribution is -2.47. The van der Waals surface area contributed by atoms with Gasteiger partial charge in [0.05, 0.1) is 18.3 Å². The van der Waals surface area contributed by atoms with E-state index in [0.29, 0.717) is 6.54 Å². The summed E-state index contributed by atoms with van der Waals surface area (Å²) in [6.07, 6.45) is 0.177. The van der Waals surface area contributed by atoms with Crippen molar-refractivity contribution in [3.63, 3.8) is 0 Å². The quantitative estimate of drug-likeness (QED) is 0.749. The van der Waals surface area contributed by atoms with Crippen molar-refractivity contribution in [1.29, 1.82) is 0 Å². The van der Waals surface area contributed by atoms with Crippen LogP contribution in [0.2, 0.25) is 0 Å². The van der Waals surface area contributed by atoms with Gasteiger partial charge < -0.3 is 9.64 Å². The zero-order valence-corrected chi connectivity index (χ0v) is 12.3. The number of piperazine rings is 1.